The van der Waals surface area contributed by atoms with Crippen molar-refractivity contribution in [3.8, 4) is 17.2 Å². The molecule has 2 aromatic rings. The molecule has 1 aromatic heterocycles. The Balaban J connectivity index is 1.60. The van der Waals surface area contributed by atoms with Gasteiger partial charge < -0.3 is 15.5 Å². The van der Waals surface area contributed by atoms with E-state index in [2.05, 4.69) is 26.7 Å². The number of carbonyl (C=O) groups excluding carboxylic acids is 1. The van der Waals surface area contributed by atoms with Crippen molar-refractivity contribution in [1.82, 2.24) is 20.6 Å². The number of nitrogens with one attached hydrogen (secondary N) is 2. The van der Waals surface area contributed by atoms with Crippen LogP contribution in [0.15, 0.2) is 36.7 Å². The fraction of sp³-hybridized carbons (Fsp3) is 0.429. The van der Waals surface area contributed by atoms with E-state index < -0.39 is 6.04 Å². The monoisotopic (exact) mass is 378 g/mol. The lowest BCUT2D eigenvalue weighted by Gasteiger charge is -2.23. The number of rotatable bonds is 6. The van der Waals surface area contributed by atoms with Crippen LogP contribution in [-0.2, 0) is 11.2 Å². The molecule has 1 saturated heterocycles. The Morgan fingerprint density at radius 1 is 1.25 bits per heavy atom. The minimum Gasteiger partial charge on any atom is -0.347 e. The number of nitriles is 1. The van der Waals surface area contributed by atoms with Gasteiger partial charge in [-0.3, -0.25) is 4.79 Å². The van der Waals surface area contributed by atoms with Gasteiger partial charge in [0.15, 0.2) is 0 Å². The van der Waals surface area contributed by atoms with Gasteiger partial charge in [-0.1, -0.05) is 30.7 Å². The van der Waals surface area contributed by atoms with Crippen LogP contribution in [0.1, 0.15) is 24.8 Å². The molecule has 1 fully saturated rings. The summed E-state index contributed by atoms with van der Waals surface area (Å²) in [6.45, 7) is 0.857. The van der Waals surface area contributed by atoms with E-state index in [1.54, 1.807) is 12.4 Å². The molecular formula is C21H26N6O. The first-order chi connectivity index (χ1) is 13.6. The molecule has 28 heavy (non-hydrogen) atoms. The van der Waals surface area contributed by atoms with Crippen molar-refractivity contribution in [2.75, 3.05) is 25.5 Å². The first-order valence-corrected chi connectivity index (χ1v) is 9.59. The van der Waals surface area contributed by atoms with Gasteiger partial charge in [0.2, 0.25) is 11.9 Å². The minimum absolute atomic E-state index is 0.0824. The molecule has 0 radical (unpaired) electrons. The molecule has 0 aliphatic carbocycles. The molecule has 7 nitrogen and oxygen atoms in total. The Morgan fingerprint density at radius 3 is 2.54 bits per heavy atom. The summed E-state index contributed by atoms with van der Waals surface area (Å²) in [5.74, 6) is 0.585. The van der Waals surface area contributed by atoms with Crippen LogP contribution in [0.2, 0.25) is 0 Å². The molecule has 0 unspecified atom stereocenters. The molecule has 146 valence electrons. The Hall–Kier alpha value is -2.98. The number of anilines is 1. The average Bonchev–Trinajstić information content (AvgIpc) is 2.74. The molecule has 1 aliphatic rings. The lowest BCUT2D eigenvalue weighted by atomic mass is 10.0. The number of hydrogen-bond acceptors (Lipinski definition) is 6. The Labute approximate surface area is 165 Å². The second-order valence-corrected chi connectivity index (χ2v) is 7.26. The third-order valence-corrected chi connectivity index (χ3v) is 4.86. The van der Waals surface area contributed by atoms with Gasteiger partial charge in [-0.25, -0.2) is 9.97 Å². The zero-order valence-corrected chi connectivity index (χ0v) is 16.4. The van der Waals surface area contributed by atoms with Crippen molar-refractivity contribution in [2.45, 2.75) is 37.8 Å². The van der Waals surface area contributed by atoms with Crippen LogP contribution in [0.4, 0.5) is 5.95 Å². The zero-order valence-electron chi connectivity index (χ0n) is 16.4. The van der Waals surface area contributed by atoms with Crippen molar-refractivity contribution >= 4 is 11.9 Å². The highest BCUT2D eigenvalue weighted by molar-refractivity contribution is 5.82. The fourth-order valence-electron chi connectivity index (χ4n) is 3.25. The molecule has 2 N–H and O–H groups in total. The normalized spacial score (nSPS) is 17.4. The second kappa shape index (κ2) is 9.29. The van der Waals surface area contributed by atoms with Crippen molar-refractivity contribution in [1.29, 1.82) is 5.26 Å². The molecular weight excluding hydrogens is 352 g/mol. The summed E-state index contributed by atoms with van der Waals surface area (Å²) in [7, 11) is 3.80. The summed E-state index contributed by atoms with van der Waals surface area (Å²) in [4.78, 5) is 22.9. The van der Waals surface area contributed by atoms with Gasteiger partial charge in [0.1, 0.15) is 6.04 Å². The summed E-state index contributed by atoms with van der Waals surface area (Å²) in [6, 6.07) is 9.41. The van der Waals surface area contributed by atoms with Crippen molar-refractivity contribution < 1.29 is 4.79 Å². The highest BCUT2D eigenvalue weighted by atomic mass is 16.2. The Morgan fingerprint density at radius 2 is 1.96 bits per heavy atom. The largest absolute Gasteiger partial charge is 0.347 e. The first-order valence-electron chi connectivity index (χ1n) is 9.59. The van der Waals surface area contributed by atoms with Gasteiger partial charge in [0.25, 0.3) is 0 Å². The SMILES string of the molecule is CN(C)c1ncc(-c2ccc(C[C@@H](C#N)NC(=O)[C@@H]3CCCCN3)cc2)cn1. The third kappa shape index (κ3) is 5.05. The van der Waals surface area contributed by atoms with Gasteiger partial charge in [0, 0.05) is 38.5 Å². The molecule has 7 heteroatoms. The second-order valence-electron chi connectivity index (χ2n) is 7.26. The Kier molecular flexibility index (Phi) is 6.56. The van der Waals surface area contributed by atoms with E-state index in [-0.39, 0.29) is 11.9 Å². The smallest absolute Gasteiger partial charge is 0.238 e. The summed E-state index contributed by atoms with van der Waals surface area (Å²) in [5.41, 5.74) is 2.95. The predicted molar refractivity (Wildman–Crippen MR) is 109 cm³/mol. The highest BCUT2D eigenvalue weighted by Gasteiger charge is 2.23. The van der Waals surface area contributed by atoms with Gasteiger partial charge in [0.05, 0.1) is 12.1 Å². The predicted octanol–water partition coefficient (Wildman–Crippen LogP) is 1.90. The van der Waals surface area contributed by atoms with Crippen molar-refractivity contribution in [3.63, 3.8) is 0 Å². The number of piperidine rings is 1. The summed E-state index contributed by atoms with van der Waals surface area (Å²) in [5, 5.41) is 15.5. The minimum atomic E-state index is -0.537. The van der Waals surface area contributed by atoms with Crippen LogP contribution < -0.4 is 15.5 Å². The average molecular weight is 378 g/mol. The van der Waals surface area contributed by atoms with Crippen LogP contribution in [0, 0.1) is 11.3 Å². The topological polar surface area (TPSA) is 93.9 Å². The van der Waals surface area contributed by atoms with Crippen molar-refractivity contribution in [2.24, 2.45) is 0 Å². The standard InChI is InChI=1S/C21H26N6O/c1-27(2)21-24-13-17(14-25-21)16-8-6-15(7-9-16)11-18(12-22)26-20(28)19-5-3-4-10-23-19/h6-9,13-14,18-19,23H,3-5,10-11H2,1-2H3,(H,26,28)/t18-,19-/m0/s1. The van der Waals surface area contributed by atoms with Gasteiger partial charge in [-0.2, -0.15) is 5.26 Å². The summed E-state index contributed by atoms with van der Waals surface area (Å²) in [6.07, 6.45) is 7.04. The molecule has 0 bridgehead atoms. The van der Waals surface area contributed by atoms with E-state index in [0.29, 0.717) is 12.4 Å². The van der Waals surface area contributed by atoms with E-state index >= 15 is 0 Å². The first kappa shape index (κ1) is 19.8. The maximum atomic E-state index is 12.3. The van der Waals surface area contributed by atoms with Crippen LogP contribution in [0.3, 0.4) is 0 Å². The number of benzene rings is 1. The quantitative estimate of drug-likeness (QED) is 0.797. The van der Waals surface area contributed by atoms with E-state index in [0.717, 1.165) is 42.5 Å². The van der Waals surface area contributed by atoms with E-state index in [4.69, 9.17) is 0 Å². The number of hydrogen-bond donors (Lipinski definition) is 2. The van der Waals surface area contributed by atoms with Gasteiger partial charge in [-0.05, 0) is 30.5 Å². The van der Waals surface area contributed by atoms with Crippen LogP contribution in [0.5, 0.6) is 0 Å². The van der Waals surface area contributed by atoms with Crippen molar-refractivity contribution in [3.05, 3.63) is 42.2 Å². The Bertz CT molecular complexity index is 819. The maximum Gasteiger partial charge on any atom is 0.238 e. The van der Waals surface area contributed by atoms with Crippen LogP contribution in [0.25, 0.3) is 11.1 Å². The molecule has 1 aromatic carbocycles. The van der Waals surface area contributed by atoms with E-state index in [1.165, 1.54) is 0 Å². The van der Waals surface area contributed by atoms with E-state index in [9.17, 15) is 10.1 Å². The molecule has 3 rings (SSSR count). The highest BCUT2D eigenvalue weighted by Crippen LogP contribution is 2.20. The van der Waals surface area contributed by atoms with Gasteiger partial charge in [-0.15, -0.1) is 0 Å². The van der Waals surface area contributed by atoms with Crippen LogP contribution in [-0.4, -0.2) is 48.6 Å². The molecule has 2 atom stereocenters. The third-order valence-electron chi connectivity index (χ3n) is 4.86. The molecule has 0 saturated carbocycles. The number of carbonyl (C=O) groups is 1. The summed E-state index contributed by atoms with van der Waals surface area (Å²) < 4.78 is 0. The fourth-order valence-corrected chi connectivity index (χ4v) is 3.25. The van der Waals surface area contributed by atoms with Crippen LogP contribution >= 0.6 is 0 Å². The number of nitrogens with zero attached hydrogens (tertiary/aromatic N) is 4. The number of aromatic nitrogens is 2. The zero-order chi connectivity index (χ0) is 19.9. The molecule has 0 spiro atoms. The lowest BCUT2D eigenvalue weighted by Crippen LogP contribution is -2.49. The molecule has 1 amide bonds. The van der Waals surface area contributed by atoms with E-state index in [1.807, 2.05) is 43.3 Å². The maximum absolute atomic E-state index is 12.3. The number of amides is 1. The molecule has 2 heterocycles. The summed E-state index contributed by atoms with van der Waals surface area (Å²) >= 11 is 0. The van der Waals surface area contributed by atoms with Gasteiger partial charge >= 0.3 is 0 Å². The lowest BCUT2D eigenvalue weighted by molar-refractivity contribution is -0.124. The molecule has 1 aliphatic heterocycles.